The summed E-state index contributed by atoms with van der Waals surface area (Å²) in [5, 5.41) is 7.56. The van der Waals surface area contributed by atoms with Crippen molar-refractivity contribution in [2.24, 2.45) is 0 Å². The van der Waals surface area contributed by atoms with Gasteiger partial charge in [-0.15, -0.1) is 11.3 Å². The molecule has 0 fully saturated rings. The van der Waals surface area contributed by atoms with Gasteiger partial charge in [0.05, 0.1) is 10.4 Å². The predicted molar refractivity (Wildman–Crippen MR) is 225 cm³/mol. The molecule has 0 radical (unpaired) electrons. The van der Waals surface area contributed by atoms with E-state index in [9.17, 15) is 0 Å². The van der Waals surface area contributed by atoms with Crippen molar-refractivity contribution in [1.82, 2.24) is 0 Å². The molecule has 10 rings (SSSR count). The lowest BCUT2D eigenvalue weighted by Crippen LogP contribution is -2.10. The van der Waals surface area contributed by atoms with Gasteiger partial charge in [-0.1, -0.05) is 158 Å². The van der Waals surface area contributed by atoms with Crippen LogP contribution >= 0.6 is 11.3 Å². The van der Waals surface area contributed by atoms with Crippen LogP contribution in [0.3, 0.4) is 0 Å². The van der Waals surface area contributed by atoms with Gasteiger partial charge in [0.25, 0.3) is 0 Å². The van der Waals surface area contributed by atoms with Crippen LogP contribution in [0.2, 0.25) is 0 Å². The van der Waals surface area contributed by atoms with Crippen molar-refractivity contribution >= 4 is 70.1 Å². The maximum absolute atomic E-state index is 2.47. The van der Waals surface area contributed by atoms with E-state index >= 15 is 0 Å². The third-order valence-corrected chi connectivity index (χ3v) is 11.4. The second-order valence-corrected chi connectivity index (χ2v) is 14.4. The van der Waals surface area contributed by atoms with Crippen molar-refractivity contribution in [2.45, 2.75) is 0 Å². The van der Waals surface area contributed by atoms with Crippen LogP contribution in [0.25, 0.3) is 75.1 Å². The number of rotatable bonds is 6. The highest BCUT2D eigenvalue weighted by atomic mass is 32.1. The van der Waals surface area contributed by atoms with Crippen LogP contribution in [0.5, 0.6) is 0 Å². The van der Waals surface area contributed by atoms with Crippen LogP contribution in [0.4, 0.5) is 17.1 Å². The third kappa shape index (κ3) is 5.24. The van der Waals surface area contributed by atoms with Crippen molar-refractivity contribution in [2.75, 3.05) is 4.90 Å². The van der Waals surface area contributed by atoms with Crippen LogP contribution in [-0.2, 0) is 0 Å². The Labute approximate surface area is 307 Å². The van der Waals surface area contributed by atoms with Gasteiger partial charge in [-0.3, -0.25) is 0 Å². The predicted octanol–water partition coefficient (Wildman–Crippen LogP) is 14.8. The summed E-state index contributed by atoms with van der Waals surface area (Å²) in [7, 11) is 0. The largest absolute Gasteiger partial charge is 0.308 e. The van der Waals surface area contributed by atoms with Gasteiger partial charge in [0.2, 0.25) is 0 Å². The van der Waals surface area contributed by atoms with Gasteiger partial charge in [-0.2, -0.15) is 0 Å². The first kappa shape index (κ1) is 30.4. The van der Waals surface area contributed by atoms with Gasteiger partial charge >= 0.3 is 0 Å². The molecule has 0 aliphatic rings. The Bertz CT molecular complexity index is 2790. The van der Waals surface area contributed by atoms with Crippen LogP contribution in [0.1, 0.15) is 0 Å². The highest BCUT2D eigenvalue weighted by Crippen LogP contribution is 2.50. The maximum atomic E-state index is 2.47. The Morgan fingerprint density at radius 1 is 0.346 bits per heavy atom. The number of nitrogens with zero attached hydrogens (tertiary/aromatic N) is 1. The molecule has 0 aliphatic heterocycles. The second kappa shape index (κ2) is 12.7. The van der Waals surface area contributed by atoms with Gasteiger partial charge in [-0.25, -0.2) is 0 Å². The Hall–Kier alpha value is -6.48. The molecule has 0 atom stereocenters. The van der Waals surface area contributed by atoms with Crippen molar-refractivity contribution < 1.29 is 0 Å². The molecule has 1 heterocycles. The number of fused-ring (bicyclic) bond motifs is 5. The second-order valence-electron chi connectivity index (χ2n) is 13.3. The van der Waals surface area contributed by atoms with Gasteiger partial charge in [0, 0.05) is 32.2 Å². The summed E-state index contributed by atoms with van der Waals surface area (Å²) in [5.74, 6) is 0. The Morgan fingerprint density at radius 3 is 1.54 bits per heavy atom. The molecule has 2 heteroatoms. The zero-order valence-electron chi connectivity index (χ0n) is 28.4. The number of hydrogen-bond donors (Lipinski definition) is 0. The maximum Gasteiger partial charge on any atom is 0.0718 e. The fourth-order valence-corrected chi connectivity index (χ4v) is 8.95. The molecule has 1 nitrogen and oxygen atoms in total. The fraction of sp³-hybridized carbons (Fsp3) is 0. The highest BCUT2D eigenvalue weighted by Gasteiger charge is 2.23. The summed E-state index contributed by atoms with van der Waals surface area (Å²) in [6, 6.07) is 72.9. The molecule has 0 N–H and O–H groups in total. The number of benzene rings is 9. The summed E-state index contributed by atoms with van der Waals surface area (Å²) in [5.41, 5.74) is 10.8. The first-order chi connectivity index (χ1) is 25.8. The minimum absolute atomic E-state index is 1.12. The van der Waals surface area contributed by atoms with Crippen molar-refractivity contribution in [3.05, 3.63) is 200 Å². The lowest BCUT2D eigenvalue weighted by Gasteiger charge is -2.28. The monoisotopic (exact) mass is 679 g/mol. The average Bonchev–Trinajstić information content (AvgIpc) is 3.60. The van der Waals surface area contributed by atoms with Gasteiger partial charge in [0.1, 0.15) is 0 Å². The minimum Gasteiger partial charge on any atom is -0.308 e. The van der Waals surface area contributed by atoms with E-state index in [0.29, 0.717) is 0 Å². The van der Waals surface area contributed by atoms with E-state index in [1.165, 1.54) is 80.8 Å². The average molecular weight is 680 g/mol. The first-order valence-corrected chi connectivity index (χ1v) is 18.6. The smallest absolute Gasteiger partial charge is 0.0718 e. The molecule has 0 saturated carbocycles. The summed E-state index contributed by atoms with van der Waals surface area (Å²) >= 11 is 1.89. The van der Waals surface area contributed by atoms with E-state index in [1.54, 1.807) is 0 Å². The Kier molecular flexibility index (Phi) is 7.41. The Morgan fingerprint density at radius 2 is 0.885 bits per heavy atom. The normalized spacial score (nSPS) is 11.5. The molecular formula is C50H33NS. The molecular weight excluding hydrogens is 647 g/mol. The van der Waals surface area contributed by atoms with E-state index in [4.69, 9.17) is 0 Å². The van der Waals surface area contributed by atoms with Crippen LogP contribution in [0, 0.1) is 0 Å². The number of anilines is 3. The molecule has 0 bridgehead atoms. The van der Waals surface area contributed by atoms with Gasteiger partial charge in [0.15, 0.2) is 0 Å². The molecule has 1 aromatic heterocycles. The van der Waals surface area contributed by atoms with E-state index in [1.807, 2.05) is 11.3 Å². The van der Waals surface area contributed by atoms with Crippen LogP contribution in [-0.4, -0.2) is 0 Å². The molecule has 0 spiro atoms. The van der Waals surface area contributed by atoms with Crippen molar-refractivity contribution in [3.63, 3.8) is 0 Å². The lowest BCUT2D eigenvalue weighted by atomic mass is 9.95. The van der Waals surface area contributed by atoms with E-state index in [-0.39, 0.29) is 0 Å². The van der Waals surface area contributed by atoms with Gasteiger partial charge < -0.3 is 4.90 Å². The molecule has 0 amide bonds. The SMILES string of the molecule is c1ccc(-c2ccc(N(c3ccc(-c4ccccc4)cc3)c3c4ccccc4cc4c3sc3cccc(-c5ccc6ccccc6c5)c34)cc2)cc1. The summed E-state index contributed by atoms with van der Waals surface area (Å²) in [6.07, 6.45) is 0. The zero-order chi connectivity index (χ0) is 34.4. The standard InChI is InChI=1S/C50H33NS/c1-3-12-34(13-4-1)37-24-28-42(29-25-37)51(43-30-26-38(27-31-43)35-14-5-2-6-15-35)49-45-19-10-9-18-40(45)33-46-48-44(20-11-21-47(48)52-50(46)49)41-23-22-36-16-7-8-17-39(36)32-41/h1-33H. The van der Waals surface area contributed by atoms with Gasteiger partial charge in [-0.05, 0) is 92.0 Å². The van der Waals surface area contributed by atoms with Crippen LogP contribution in [0.15, 0.2) is 200 Å². The quantitative estimate of drug-likeness (QED) is 0.169. The summed E-state index contributed by atoms with van der Waals surface area (Å²) in [6.45, 7) is 0. The molecule has 9 aromatic carbocycles. The molecule has 0 saturated heterocycles. The molecule has 0 aliphatic carbocycles. The Balaban J connectivity index is 1.23. The molecule has 0 unspecified atom stereocenters. The summed E-state index contributed by atoms with van der Waals surface area (Å²) < 4.78 is 2.57. The van der Waals surface area contributed by atoms with E-state index < -0.39 is 0 Å². The van der Waals surface area contributed by atoms with Crippen molar-refractivity contribution in [3.8, 4) is 33.4 Å². The highest BCUT2D eigenvalue weighted by molar-refractivity contribution is 7.26. The molecule has 52 heavy (non-hydrogen) atoms. The number of hydrogen-bond acceptors (Lipinski definition) is 2. The van der Waals surface area contributed by atoms with Crippen molar-refractivity contribution in [1.29, 1.82) is 0 Å². The van der Waals surface area contributed by atoms with E-state index in [2.05, 4.69) is 205 Å². The number of thiophene rings is 1. The third-order valence-electron chi connectivity index (χ3n) is 10.2. The topological polar surface area (TPSA) is 3.24 Å². The fourth-order valence-electron chi connectivity index (χ4n) is 7.70. The lowest BCUT2D eigenvalue weighted by molar-refractivity contribution is 1.31. The first-order valence-electron chi connectivity index (χ1n) is 17.8. The molecule has 10 aromatic rings. The zero-order valence-corrected chi connectivity index (χ0v) is 29.2. The molecule has 244 valence electrons. The summed E-state index contributed by atoms with van der Waals surface area (Å²) in [4.78, 5) is 2.47. The van der Waals surface area contributed by atoms with Crippen LogP contribution < -0.4 is 4.90 Å². The minimum atomic E-state index is 1.12. The van der Waals surface area contributed by atoms with E-state index in [0.717, 1.165) is 11.4 Å².